The second kappa shape index (κ2) is 8.82. The first-order chi connectivity index (χ1) is 13.6. The van der Waals surface area contributed by atoms with Gasteiger partial charge in [-0.25, -0.2) is 4.79 Å². The molecular weight excluding hydrogens is 352 g/mol. The number of rotatable bonds is 6. The number of hydrogen-bond donors (Lipinski definition) is 0. The standard InChI is InChI=1S/C24H20O4/c1-17-16-20(24(26)19-6-4-3-5-7-19)11-14-22(17)28-23(25)15-10-18-8-12-21(27-2)13-9-18/h3-16H,1-2H3/b15-10+. The first kappa shape index (κ1) is 19.1. The Morgan fingerprint density at radius 1 is 0.857 bits per heavy atom. The molecule has 140 valence electrons. The predicted molar refractivity (Wildman–Crippen MR) is 109 cm³/mol. The van der Waals surface area contributed by atoms with Gasteiger partial charge in [-0.05, 0) is 54.5 Å². The van der Waals surface area contributed by atoms with Crippen molar-refractivity contribution in [3.05, 3.63) is 101 Å². The predicted octanol–water partition coefficient (Wildman–Crippen LogP) is 4.85. The van der Waals surface area contributed by atoms with Crippen LogP contribution in [0.5, 0.6) is 11.5 Å². The topological polar surface area (TPSA) is 52.6 Å². The molecule has 0 bridgehead atoms. The summed E-state index contributed by atoms with van der Waals surface area (Å²) in [4.78, 5) is 24.6. The van der Waals surface area contributed by atoms with Crippen LogP contribution in [0.3, 0.4) is 0 Å². The normalized spacial score (nSPS) is 10.6. The van der Waals surface area contributed by atoms with E-state index in [9.17, 15) is 9.59 Å². The maximum absolute atomic E-state index is 12.5. The summed E-state index contributed by atoms with van der Waals surface area (Å²) in [5.74, 6) is 0.622. The van der Waals surface area contributed by atoms with E-state index in [1.807, 2.05) is 42.5 Å². The molecule has 4 nitrogen and oxygen atoms in total. The fraction of sp³-hybridized carbons (Fsp3) is 0.0833. The minimum atomic E-state index is -0.485. The highest BCUT2D eigenvalue weighted by atomic mass is 16.5. The first-order valence-electron chi connectivity index (χ1n) is 8.81. The molecule has 0 fully saturated rings. The summed E-state index contributed by atoms with van der Waals surface area (Å²) in [6.45, 7) is 1.80. The number of methoxy groups -OCH3 is 1. The van der Waals surface area contributed by atoms with Crippen molar-refractivity contribution in [2.75, 3.05) is 7.11 Å². The van der Waals surface area contributed by atoms with E-state index in [4.69, 9.17) is 9.47 Å². The summed E-state index contributed by atoms with van der Waals surface area (Å²) in [6, 6.07) is 21.4. The lowest BCUT2D eigenvalue weighted by Gasteiger charge is -2.08. The zero-order chi connectivity index (χ0) is 19.9. The maximum Gasteiger partial charge on any atom is 0.336 e. The molecule has 0 saturated heterocycles. The average Bonchev–Trinajstić information content (AvgIpc) is 2.74. The van der Waals surface area contributed by atoms with Crippen molar-refractivity contribution >= 4 is 17.8 Å². The Bertz CT molecular complexity index is 1000. The molecule has 28 heavy (non-hydrogen) atoms. The summed E-state index contributed by atoms with van der Waals surface area (Å²) in [5, 5.41) is 0. The van der Waals surface area contributed by atoms with Crippen molar-refractivity contribution in [1.29, 1.82) is 0 Å². The summed E-state index contributed by atoms with van der Waals surface area (Å²) >= 11 is 0. The van der Waals surface area contributed by atoms with Crippen LogP contribution in [-0.4, -0.2) is 18.9 Å². The van der Waals surface area contributed by atoms with Gasteiger partial charge in [-0.2, -0.15) is 0 Å². The lowest BCUT2D eigenvalue weighted by Crippen LogP contribution is -2.06. The van der Waals surface area contributed by atoms with Crippen LogP contribution in [0.4, 0.5) is 0 Å². The Morgan fingerprint density at radius 2 is 1.57 bits per heavy atom. The molecule has 0 heterocycles. The van der Waals surface area contributed by atoms with Gasteiger partial charge in [0.2, 0.25) is 0 Å². The second-order valence-corrected chi connectivity index (χ2v) is 6.20. The third-order valence-corrected chi connectivity index (χ3v) is 4.21. The van der Waals surface area contributed by atoms with Gasteiger partial charge in [0.15, 0.2) is 5.78 Å². The molecule has 0 spiro atoms. The average molecular weight is 372 g/mol. The van der Waals surface area contributed by atoms with Crippen LogP contribution in [0.1, 0.15) is 27.0 Å². The van der Waals surface area contributed by atoms with E-state index in [0.29, 0.717) is 22.4 Å². The summed E-state index contributed by atoms with van der Waals surface area (Å²) in [5.41, 5.74) is 2.75. The zero-order valence-electron chi connectivity index (χ0n) is 15.7. The van der Waals surface area contributed by atoms with E-state index in [1.54, 1.807) is 50.4 Å². The number of carbonyl (C=O) groups excluding carboxylic acids is 2. The number of ketones is 1. The third-order valence-electron chi connectivity index (χ3n) is 4.21. The Kier molecular flexibility index (Phi) is 6.02. The van der Waals surface area contributed by atoms with E-state index in [1.165, 1.54) is 6.08 Å². The fourth-order valence-electron chi connectivity index (χ4n) is 2.68. The molecule has 0 atom stereocenters. The Hall–Kier alpha value is -3.66. The van der Waals surface area contributed by atoms with Crippen LogP contribution in [0.15, 0.2) is 78.9 Å². The molecule has 3 aromatic carbocycles. The van der Waals surface area contributed by atoms with E-state index in [0.717, 1.165) is 11.3 Å². The molecular formula is C24H20O4. The van der Waals surface area contributed by atoms with E-state index >= 15 is 0 Å². The van der Waals surface area contributed by atoms with Crippen LogP contribution in [-0.2, 0) is 4.79 Å². The lowest BCUT2D eigenvalue weighted by atomic mass is 10.0. The van der Waals surface area contributed by atoms with Crippen molar-refractivity contribution in [3.8, 4) is 11.5 Å². The van der Waals surface area contributed by atoms with Gasteiger partial charge in [0.1, 0.15) is 11.5 Å². The number of esters is 1. The summed E-state index contributed by atoms with van der Waals surface area (Å²) in [6.07, 6.45) is 3.04. The van der Waals surface area contributed by atoms with Crippen LogP contribution < -0.4 is 9.47 Å². The van der Waals surface area contributed by atoms with Gasteiger partial charge in [0.05, 0.1) is 7.11 Å². The molecule has 3 rings (SSSR count). The molecule has 4 heteroatoms. The Morgan fingerprint density at radius 3 is 2.21 bits per heavy atom. The monoisotopic (exact) mass is 372 g/mol. The van der Waals surface area contributed by atoms with Crippen molar-refractivity contribution in [1.82, 2.24) is 0 Å². The van der Waals surface area contributed by atoms with Gasteiger partial charge in [-0.15, -0.1) is 0 Å². The molecule has 0 aliphatic heterocycles. The molecule has 0 radical (unpaired) electrons. The zero-order valence-corrected chi connectivity index (χ0v) is 15.7. The van der Waals surface area contributed by atoms with E-state index < -0.39 is 5.97 Å². The first-order valence-corrected chi connectivity index (χ1v) is 8.81. The van der Waals surface area contributed by atoms with Gasteiger partial charge in [0.25, 0.3) is 0 Å². The highest BCUT2D eigenvalue weighted by Gasteiger charge is 2.11. The number of benzene rings is 3. The molecule has 0 N–H and O–H groups in total. The lowest BCUT2D eigenvalue weighted by molar-refractivity contribution is -0.128. The van der Waals surface area contributed by atoms with E-state index in [2.05, 4.69) is 0 Å². The minimum Gasteiger partial charge on any atom is -0.497 e. The number of carbonyl (C=O) groups is 2. The largest absolute Gasteiger partial charge is 0.497 e. The molecule has 3 aromatic rings. The summed E-state index contributed by atoms with van der Waals surface area (Å²) < 4.78 is 10.5. The smallest absolute Gasteiger partial charge is 0.336 e. The fourth-order valence-corrected chi connectivity index (χ4v) is 2.68. The highest BCUT2D eigenvalue weighted by molar-refractivity contribution is 6.09. The van der Waals surface area contributed by atoms with Gasteiger partial charge >= 0.3 is 5.97 Å². The van der Waals surface area contributed by atoms with Crippen molar-refractivity contribution in [3.63, 3.8) is 0 Å². The molecule has 0 aliphatic carbocycles. The van der Waals surface area contributed by atoms with Gasteiger partial charge in [-0.3, -0.25) is 4.79 Å². The van der Waals surface area contributed by atoms with Crippen LogP contribution in [0.25, 0.3) is 6.08 Å². The van der Waals surface area contributed by atoms with Crippen molar-refractivity contribution < 1.29 is 19.1 Å². The molecule has 0 unspecified atom stereocenters. The minimum absolute atomic E-state index is 0.0685. The molecule has 0 aliphatic rings. The second-order valence-electron chi connectivity index (χ2n) is 6.20. The van der Waals surface area contributed by atoms with Gasteiger partial charge in [0, 0.05) is 17.2 Å². The van der Waals surface area contributed by atoms with Gasteiger partial charge in [-0.1, -0.05) is 42.5 Å². The van der Waals surface area contributed by atoms with Crippen LogP contribution >= 0.6 is 0 Å². The molecule has 0 saturated carbocycles. The third kappa shape index (κ3) is 4.74. The van der Waals surface area contributed by atoms with Crippen LogP contribution in [0, 0.1) is 6.92 Å². The highest BCUT2D eigenvalue weighted by Crippen LogP contribution is 2.21. The molecule has 0 aromatic heterocycles. The quantitative estimate of drug-likeness (QED) is 0.269. The maximum atomic E-state index is 12.5. The van der Waals surface area contributed by atoms with Crippen LogP contribution in [0.2, 0.25) is 0 Å². The Labute approximate surface area is 164 Å². The van der Waals surface area contributed by atoms with Crippen molar-refractivity contribution in [2.24, 2.45) is 0 Å². The number of hydrogen-bond acceptors (Lipinski definition) is 4. The SMILES string of the molecule is COc1ccc(/C=C/C(=O)Oc2ccc(C(=O)c3ccccc3)cc2C)cc1. The molecule has 0 amide bonds. The number of aryl methyl sites for hydroxylation is 1. The summed E-state index contributed by atoms with van der Waals surface area (Å²) in [7, 11) is 1.60. The Balaban J connectivity index is 1.67. The van der Waals surface area contributed by atoms with Crippen molar-refractivity contribution in [2.45, 2.75) is 6.92 Å². The van der Waals surface area contributed by atoms with Gasteiger partial charge < -0.3 is 9.47 Å². The van der Waals surface area contributed by atoms with E-state index in [-0.39, 0.29) is 5.78 Å². The number of ether oxygens (including phenoxy) is 2.